The Hall–Kier alpha value is -3.93. The van der Waals surface area contributed by atoms with Crippen LogP contribution in [-0.2, 0) is 0 Å². The Morgan fingerprint density at radius 3 is 1.82 bits per heavy atom. The molecule has 0 spiro atoms. The van der Waals surface area contributed by atoms with Gasteiger partial charge in [0.15, 0.2) is 5.82 Å². The first-order chi connectivity index (χ1) is 19.0. The molecule has 3 nitrogen and oxygen atoms in total. The summed E-state index contributed by atoms with van der Waals surface area (Å²) in [5.74, 6) is 0.702. The maximum atomic E-state index is 4.71. The van der Waals surface area contributed by atoms with Crippen molar-refractivity contribution in [3.8, 4) is 56.0 Å². The van der Waals surface area contributed by atoms with Gasteiger partial charge in [-0.05, 0) is 53.4 Å². The third-order valence-electron chi connectivity index (χ3n) is 6.67. The van der Waals surface area contributed by atoms with Crippen molar-refractivity contribution in [1.29, 1.82) is 0 Å². The van der Waals surface area contributed by atoms with Crippen molar-refractivity contribution in [1.82, 2.24) is 15.0 Å². The lowest BCUT2D eigenvalue weighted by Crippen LogP contribution is -1.91. The molecule has 4 aromatic carbocycles. The van der Waals surface area contributed by atoms with Crippen LogP contribution in [0, 0.1) is 6.92 Å². The molecule has 0 aliphatic heterocycles. The van der Waals surface area contributed by atoms with Crippen molar-refractivity contribution < 1.29 is 0 Å². The molecule has 0 radical (unpaired) electrons. The molecule has 0 N–H and O–H groups in total. The highest BCUT2D eigenvalue weighted by atomic mass is 79.9. The molecule has 0 atom stereocenters. The number of nitrogens with zero attached hydrogens (tertiary/aromatic N) is 3. The fourth-order valence-corrected chi connectivity index (χ4v) is 5.70. The zero-order valence-corrected chi connectivity index (χ0v) is 24.3. The van der Waals surface area contributed by atoms with Crippen molar-refractivity contribution in [2.75, 3.05) is 0 Å². The lowest BCUT2D eigenvalue weighted by molar-refractivity contribution is 1.18. The van der Waals surface area contributed by atoms with Gasteiger partial charge in [0.25, 0.3) is 0 Å². The smallest absolute Gasteiger partial charge is 0.159 e. The molecule has 2 aromatic heterocycles. The van der Waals surface area contributed by atoms with Crippen LogP contribution < -0.4 is 0 Å². The average Bonchev–Trinajstić information content (AvgIpc) is 2.98. The predicted octanol–water partition coefficient (Wildman–Crippen LogP) is 10.0. The van der Waals surface area contributed by atoms with Gasteiger partial charge in [-0.3, -0.25) is 4.98 Å². The minimum atomic E-state index is 0.702. The first-order valence-corrected chi connectivity index (χ1v) is 14.1. The Kier molecular flexibility index (Phi) is 7.18. The lowest BCUT2D eigenvalue weighted by atomic mass is 10.0. The highest BCUT2D eigenvalue weighted by Gasteiger charge is 2.10. The third-order valence-corrected chi connectivity index (χ3v) is 8.02. The largest absolute Gasteiger partial charge is 0.256 e. The van der Waals surface area contributed by atoms with Crippen molar-refractivity contribution in [3.63, 3.8) is 0 Å². The SMILES string of the molecule is Cc1cccc(-c2ccc(-c3ccc(-c4cnc(-c5ccc(-c6ccccc6Br)cc5)nc4)cc3Br)cn2)c1. The molecule has 0 aliphatic rings. The van der Waals surface area contributed by atoms with Gasteiger partial charge >= 0.3 is 0 Å². The van der Waals surface area contributed by atoms with E-state index < -0.39 is 0 Å². The molecule has 0 aliphatic carbocycles. The average molecular weight is 633 g/mol. The highest BCUT2D eigenvalue weighted by Crippen LogP contribution is 2.34. The summed E-state index contributed by atoms with van der Waals surface area (Å²) in [6, 6.07) is 35.4. The Bertz CT molecular complexity index is 1760. The number of hydrogen-bond donors (Lipinski definition) is 0. The number of benzene rings is 4. The molecule has 2 heterocycles. The van der Waals surface area contributed by atoms with Crippen LogP contribution in [0.25, 0.3) is 56.0 Å². The first kappa shape index (κ1) is 25.4. The van der Waals surface area contributed by atoms with Crippen LogP contribution >= 0.6 is 31.9 Å². The van der Waals surface area contributed by atoms with Crippen molar-refractivity contribution in [2.45, 2.75) is 6.92 Å². The van der Waals surface area contributed by atoms with E-state index >= 15 is 0 Å². The Morgan fingerprint density at radius 1 is 0.462 bits per heavy atom. The summed E-state index contributed by atoms with van der Waals surface area (Å²) in [5.41, 5.74) is 10.8. The number of rotatable bonds is 5. The van der Waals surface area contributed by atoms with Gasteiger partial charge in [-0.1, -0.05) is 116 Å². The van der Waals surface area contributed by atoms with Gasteiger partial charge in [0.2, 0.25) is 0 Å². The fourth-order valence-electron chi connectivity index (χ4n) is 4.58. The molecule has 6 rings (SSSR count). The lowest BCUT2D eigenvalue weighted by Gasteiger charge is -2.10. The zero-order chi connectivity index (χ0) is 26.8. The van der Waals surface area contributed by atoms with E-state index in [1.54, 1.807) is 0 Å². The fraction of sp³-hybridized carbons (Fsp3) is 0.0294. The summed E-state index contributed by atoms with van der Waals surface area (Å²) >= 11 is 7.40. The molecule has 0 bridgehead atoms. The standard InChI is InChI=1S/C34H23Br2N3/c1-22-5-4-6-26(17-22)33-16-14-27(19-37-33)30-15-13-25(18-32(30)36)28-20-38-34(39-21-28)24-11-9-23(10-12-24)29-7-2-3-8-31(29)35/h2-21H,1H3. The normalized spacial score (nSPS) is 10.9. The molecule has 5 heteroatoms. The van der Waals surface area contributed by atoms with Crippen LogP contribution in [0.3, 0.4) is 0 Å². The van der Waals surface area contributed by atoms with Gasteiger partial charge in [-0.15, -0.1) is 0 Å². The number of aryl methyl sites for hydroxylation is 1. The Morgan fingerprint density at radius 2 is 1.13 bits per heavy atom. The van der Waals surface area contributed by atoms with Crippen molar-refractivity contribution in [3.05, 3.63) is 136 Å². The number of hydrogen-bond acceptors (Lipinski definition) is 3. The molecule has 0 saturated heterocycles. The summed E-state index contributed by atoms with van der Waals surface area (Å²) < 4.78 is 2.07. The van der Waals surface area contributed by atoms with Crippen LogP contribution in [-0.4, -0.2) is 15.0 Å². The Labute approximate surface area is 244 Å². The van der Waals surface area contributed by atoms with Crippen LogP contribution in [0.5, 0.6) is 0 Å². The van der Waals surface area contributed by atoms with E-state index in [4.69, 9.17) is 4.98 Å². The summed E-state index contributed by atoms with van der Waals surface area (Å²) in [4.78, 5) is 14.0. The molecular weight excluding hydrogens is 610 g/mol. The van der Waals surface area contributed by atoms with E-state index in [1.165, 1.54) is 5.56 Å². The second kappa shape index (κ2) is 11.0. The van der Waals surface area contributed by atoms with E-state index in [-0.39, 0.29) is 0 Å². The summed E-state index contributed by atoms with van der Waals surface area (Å²) in [6.07, 6.45) is 5.68. The number of halogens is 2. The Balaban J connectivity index is 1.20. The van der Waals surface area contributed by atoms with Crippen molar-refractivity contribution in [2.24, 2.45) is 0 Å². The zero-order valence-electron chi connectivity index (χ0n) is 21.1. The van der Waals surface area contributed by atoms with Gasteiger partial charge in [0.1, 0.15) is 0 Å². The van der Waals surface area contributed by atoms with Crippen LogP contribution in [0.2, 0.25) is 0 Å². The van der Waals surface area contributed by atoms with E-state index in [2.05, 4.69) is 140 Å². The molecule has 188 valence electrons. The topological polar surface area (TPSA) is 38.7 Å². The molecular formula is C34H23Br2N3. The summed E-state index contributed by atoms with van der Waals surface area (Å²) in [6.45, 7) is 2.09. The van der Waals surface area contributed by atoms with Crippen LogP contribution in [0.15, 0.2) is 131 Å². The second-order valence-electron chi connectivity index (χ2n) is 9.35. The van der Waals surface area contributed by atoms with Crippen molar-refractivity contribution >= 4 is 31.9 Å². The van der Waals surface area contributed by atoms with Crippen LogP contribution in [0.1, 0.15) is 5.56 Å². The molecule has 6 aromatic rings. The van der Waals surface area contributed by atoms with E-state index in [1.807, 2.05) is 30.7 Å². The van der Waals surface area contributed by atoms with E-state index in [9.17, 15) is 0 Å². The first-order valence-electron chi connectivity index (χ1n) is 12.6. The molecule has 0 saturated carbocycles. The third kappa shape index (κ3) is 5.47. The van der Waals surface area contributed by atoms with E-state index in [0.717, 1.165) is 59.1 Å². The van der Waals surface area contributed by atoms with Gasteiger partial charge in [-0.2, -0.15) is 0 Å². The number of aromatic nitrogens is 3. The van der Waals surface area contributed by atoms with E-state index in [0.29, 0.717) is 5.82 Å². The second-order valence-corrected chi connectivity index (χ2v) is 11.1. The van der Waals surface area contributed by atoms with Gasteiger partial charge < -0.3 is 0 Å². The minimum absolute atomic E-state index is 0.702. The number of pyridine rings is 1. The van der Waals surface area contributed by atoms with Gasteiger partial charge in [0.05, 0.1) is 5.69 Å². The van der Waals surface area contributed by atoms with Gasteiger partial charge in [-0.25, -0.2) is 9.97 Å². The predicted molar refractivity (Wildman–Crippen MR) is 167 cm³/mol. The summed E-state index contributed by atoms with van der Waals surface area (Å²) in [5, 5.41) is 0. The monoisotopic (exact) mass is 631 g/mol. The molecule has 39 heavy (non-hydrogen) atoms. The highest BCUT2D eigenvalue weighted by molar-refractivity contribution is 9.11. The quantitative estimate of drug-likeness (QED) is 0.190. The molecule has 0 unspecified atom stereocenters. The molecule has 0 fully saturated rings. The minimum Gasteiger partial charge on any atom is -0.256 e. The maximum absolute atomic E-state index is 4.71. The summed E-state index contributed by atoms with van der Waals surface area (Å²) in [7, 11) is 0. The maximum Gasteiger partial charge on any atom is 0.159 e. The van der Waals surface area contributed by atoms with Gasteiger partial charge in [0, 0.05) is 49.8 Å². The molecule has 0 amide bonds. The van der Waals surface area contributed by atoms with Crippen LogP contribution in [0.4, 0.5) is 0 Å².